The number of carbonyl (C=O) groups is 2. The molecule has 0 aromatic heterocycles. The monoisotopic (exact) mass is 411 g/mol. The fourth-order valence-corrected chi connectivity index (χ4v) is 3.19. The lowest BCUT2D eigenvalue weighted by Crippen LogP contribution is -2.43. The van der Waals surface area contributed by atoms with Crippen LogP contribution in [0.15, 0.2) is 54.6 Å². The normalized spacial score (nSPS) is 14.2. The van der Waals surface area contributed by atoms with Crippen molar-refractivity contribution in [1.29, 1.82) is 0 Å². The van der Waals surface area contributed by atoms with Crippen LogP contribution in [0.2, 0.25) is 0 Å². The minimum absolute atomic E-state index is 0.298. The van der Waals surface area contributed by atoms with E-state index in [9.17, 15) is 14.0 Å². The smallest absolute Gasteiger partial charge is 0.276 e. The lowest BCUT2D eigenvalue weighted by Gasteiger charge is -2.22. The molecular formula is C23H26FN3O3. The number of benzene rings is 2. The van der Waals surface area contributed by atoms with Gasteiger partial charge in [0.2, 0.25) is 0 Å². The number of halogens is 1. The van der Waals surface area contributed by atoms with Gasteiger partial charge in [-0.25, -0.2) is 4.39 Å². The summed E-state index contributed by atoms with van der Waals surface area (Å²) in [5.41, 5.74) is 6.66. The molecule has 158 valence electrons. The fraction of sp³-hybridized carbons (Fsp3) is 0.304. The Hall–Kier alpha value is -3.35. The number of hydrogen-bond acceptors (Lipinski definition) is 4. The molecule has 1 saturated heterocycles. The van der Waals surface area contributed by atoms with Gasteiger partial charge in [0.1, 0.15) is 11.6 Å². The van der Waals surface area contributed by atoms with Crippen LogP contribution in [0.25, 0.3) is 6.08 Å². The standard InChI is InChI=1S/C23H26FN3O3/c24-19-8-12-21(13-9-19)30-17-23(29)26-25-22(28)14-7-18-5-10-20(11-6-18)27-15-3-1-2-4-16-27/h5-14H,1-4,15-17H2,(H,25,28)(H,26,29)/b14-7+. The van der Waals surface area contributed by atoms with Crippen molar-refractivity contribution < 1.29 is 18.7 Å². The van der Waals surface area contributed by atoms with Gasteiger partial charge in [0.15, 0.2) is 6.61 Å². The van der Waals surface area contributed by atoms with Crippen molar-refractivity contribution in [1.82, 2.24) is 10.9 Å². The Balaban J connectivity index is 1.40. The Morgan fingerprint density at radius 2 is 1.60 bits per heavy atom. The molecule has 7 heteroatoms. The predicted octanol–water partition coefficient (Wildman–Crippen LogP) is 3.45. The maximum Gasteiger partial charge on any atom is 0.276 e. The van der Waals surface area contributed by atoms with Crippen molar-refractivity contribution in [2.45, 2.75) is 25.7 Å². The van der Waals surface area contributed by atoms with Gasteiger partial charge in [-0.05, 0) is 60.9 Å². The van der Waals surface area contributed by atoms with Crippen LogP contribution in [0, 0.1) is 5.82 Å². The highest BCUT2D eigenvalue weighted by molar-refractivity contribution is 5.93. The van der Waals surface area contributed by atoms with Gasteiger partial charge in [0.05, 0.1) is 0 Å². The summed E-state index contributed by atoms with van der Waals surface area (Å²) in [5, 5.41) is 0. The fourth-order valence-electron chi connectivity index (χ4n) is 3.19. The molecule has 1 fully saturated rings. The third kappa shape index (κ3) is 6.92. The molecule has 0 atom stereocenters. The summed E-state index contributed by atoms with van der Waals surface area (Å²) >= 11 is 0. The number of rotatable bonds is 6. The van der Waals surface area contributed by atoms with E-state index < -0.39 is 11.8 Å². The first-order valence-electron chi connectivity index (χ1n) is 10.1. The van der Waals surface area contributed by atoms with E-state index in [-0.39, 0.29) is 12.4 Å². The van der Waals surface area contributed by atoms with Crippen molar-refractivity contribution in [2.24, 2.45) is 0 Å². The van der Waals surface area contributed by atoms with Crippen LogP contribution < -0.4 is 20.5 Å². The molecule has 2 amide bonds. The number of nitrogens with zero attached hydrogens (tertiary/aromatic N) is 1. The second kappa shape index (κ2) is 11.0. The molecule has 0 radical (unpaired) electrons. The highest BCUT2D eigenvalue weighted by atomic mass is 19.1. The zero-order valence-electron chi connectivity index (χ0n) is 16.8. The number of hydrogen-bond donors (Lipinski definition) is 2. The molecule has 3 rings (SSSR count). The number of anilines is 1. The topological polar surface area (TPSA) is 70.7 Å². The van der Waals surface area contributed by atoms with Crippen LogP contribution in [0.4, 0.5) is 10.1 Å². The minimum Gasteiger partial charge on any atom is -0.484 e. The molecule has 30 heavy (non-hydrogen) atoms. The van der Waals surface area contributed by atoms with E-state index in [2.05, 4.69) is 27.9 Å². The van der Waals surface area contributed by atoms with Crippen LogP contribution in [-0.2, 0) is 9.59 Å². The van der Waals surface area contributed by atoms with Crippen molar-refractivity contribution in [3.63, 3.8) is 0 Å². The summed E-state index contributed by atoms with van der Waals surface area (Å²) in [5.74, 6) is -1.01. The first-order valence-corrected chi connectivity index (χ1v) is 10.1. The molecule has 0 aliphatic carbocycles. The summed E-state index contributed by atoms with van der Waals surface area (Å²) in [4.78, 5) is 26.0. The van der Waals surface area contributed by atoms with E-state index in [0.29, 0.717) is 5.75 Å². The molecule has 6 nitrogen and oxygen atoms in total. The van der Waals surface area contributed by atoms with Gasteiger partial charge in [0.25, 0.3) is 11.8 Å². The largest absolute Gasteiger partial charge is 0.484 e. The Labute approximate surface area is 175 Å². The highest BCUT2D eigenvalue weighted by Crippen LogP contribution is 2.20. The van der Waals surface area contributed by atoms with Crippen molar-refractivity contribution in [3.05, 3.63) is 66.0 Å². The lowest BCUT2D eigenvalue weighted by molar-refractivity contribution is -0.128. The molecule has 2 N–H and O–H groups in total. The molecule has 0 spiro atoms. The van der Waals surface area contributed by atoms with Gasteiger partial charge in [-0.15, -0.1) is 0 Å². The van der Waals surface area contributed by atoms with E-state index in [1.54, 1.807) is 6.08 Å². The Morgan fingerprint density at radius 1 is 0.933 bits per heavy atom. The maximum absolute atomic E-state index is 12.8. The van der Waals surface area contributed by atoms with Crippen LogP contribution in [0.1, 0.15) is 31.2 Å². The van der Waals surface area contributed by atoms with Gasteiger partial charge in [-0.2, -0.15) is 0 Å². The van der Waals surface area contributed by atoms with E-state index in [0.717, 1.165) is 18.7 Å². The summed E-state index contributed by atoms with van der Waals surface area (Å²) in [6, 6.07) is 13.4. The molecular weight excluding hydrogens is 385 g/mol. The van der Waals surface area contributed by atoms with Crippen molar-refractivity contribution in [3.8, 4) is 5.75 Å². The number of hydrazine groups is 1. The molecule has 2 aromatic rings. The molecule has 2 aromatic carbocycles. The third-order valence-corrected chi connectivity index (χ3v) is 4.80. The first kappa shape index (κ1) is 21.4. The van der Waals surface area contributed by atoms with E-state index in [1.165, 1.54) is 61.7 Å². The lowest BCUT2D eigenvalue weighted by atomic mass is 10.1. The van der Waals surface area contributed by atoms with Crippen LogP contribution >= 0.6 is 0 Å². The number of amides is 2. The number of nitrogens with one attached hydrogen (secondary N) is 2. The number of carbonyl (C=O) groups excluding carboxylic acids is 2. The quantitative estimate of drug-likeness (QED) is 0.564. The van der Waals surface area contributed by atoms with Crippen LogP contribution in [0.3, 0.4) is 0 Å². The SMILES string of the molecule is O=C(/C=C/c1ccc(N2CCCCCC2)cc1)NNC(=O)COc1ccc(F)cc1. The average molecular weight is 411 g/mol. The molecule has 0 bridgehead atoms. The highest BCUT2D eigenvalue weighted by Gasteiger charge is 2.09. The summed E-state index contributed by atoms with van der Waals surface area (Å²) in [7, 11) is 0. The van der Waals surface area contributed by atoms with Crippen molar-refractivity contribution >= 4 is 23.6 Å². The summed E-state index contributed by atoms with van der Waals surface area (Å²) in [6.45, 7) is 1.87. The Morgan fingerprint density at radius 3 is 2.27 bits per heavy atom. The third-order valence-electron chi connectivity index (χ3n) is 4.80. The minimum atomic E-state index is -0.525. The zero-order valence-corrected chi connectivity index (χ0v) is 16.8. The van der Waals surface area contributed by atoms with Gasteiger partial charge in [-0.1, -0.05) is 25.0 Å². The van der Waals surface area contributed by atoms with E-state index in [4.69, 9.17) is 4.74 Å². The second-order valence-electron chi connectivity index (χ2n) is 7.11. The Bertz CT molecular complexity index is 858. The van der Waals surface area contributed by atoms with Gasteiger partial charge in [-0.3, -0.25) is 20.4 Å². The second-order valence-corrected chi connectivity index (χ2v) is 7.11. The molecule has 1 aliphatic heterocycles. The van der Waals surface area contributed by atoms with Crippen LogP contribution in [-0.4, -0.2) is 31.5 Å². The maximum atomic E-state index is 12.8. The Kier molecular flexibility index (Phi) is 7.83. The van der Waals surface area contributed by atoms with Gasteiger partial charge in [0, 0.05) is 24.9 Å². The average Bonchev–Trinajstić information content (AvgIpc) is 3.06. The van der Waals surface area contributed by atoms with Crippen molar-refractivity contribution in [2.75, 3.05) is 24.6 Å². The molecule has 1 heterocycles. The predicted molar refractivity (Wildman–Crippen MR) is 114 cm³/mol. The van der Waals surface area contributed by atoms with E-state index in [1.807, 2.05) is 12.1 Å². The van der Waals surface area contributed by atoms with Gasteiger partial charge < -0.3 is 9.64 Å². The van der Waals surface area contributed by atoms with E-state index >= 15 is 0 Å². The molecule has 1 aliphatic rings. The number of ether oxygens (including phenoxy) is 1. The zero-order chi connectivity index (χ0) is 21.2. The first-order chi connectivity index (χ1) is 14.6. The summed E-state index contributed by atoms with van der Waals surface area (Å²) < 4.78 is 18.0. The molecule has 0 saturated carbocycles. The molecule has 0 unspecified atom stereocenters. The van der Waals surface area contributed by atoms with Crippen LogP contribution in [0.5, 0.6) is 5.75 Å². The van der Waals surface area contributed by atoms with Gasteiger partial charge >= 0.3 is 0 Å². The summed E-state index contributed by atoms with van der Waals surface area (Å²) in [6.07, 6.45) is 8.07.